The number of rotatable bonds is 5. The molecular weight excluding hydrogens is 450 g/mol. The number of nitrogens with zero attached hydrogens (tertiary/aromatic N) is 1. The Morgan fingerprint density at radius 1 is 0.914 bits per heavy atom. The number of carbonyl (C=O) groups excluding carboxylic acids is 2. The third kappa shape index (κ3) is 3.73. The minimum atomic E-state index is -0.920. The number of carbonyl (C=O) groups is 2. The molecule has 3 aromatic carbocycles. The molecule has 2 aliphatic heterocycles. The quantitative estimate of drug-likeness (QED) is 0.334. The zero-order valence-corrected chi connectivity index (χ0v) is 19.4. The number of amides is 1. The molecule has 3 aromatic rings. The molecule has 1 N–H and O–H groups in total. The number of ketones is 1. The Balaban J connectivity index is 1.72. The first-order chi connectivity index (χ1) is 16.9. The Morgan fingerprint density at radius 3 is 2.34 bits per heavy atom. The molecule has 1 unspecified atom stereocenters. The summed E-state index contributed by atoms with van der Waals surface area (Å²) in [6, 6.07) is 16.3. The van der Waals surface area contributed by atoms with Gasteiger partial charge in [-0.05, 0) is 36.8 Å². The second-order valence-electron chi connectivity index (χ2n) is 8.19. The van der Waals surface area contributed by atoms with Gasteiger partial charge in [-0.1, -0.05) is 35.9 Å². The normalized spacial score (nSPS) is 18.1. The predicted octanol–water partition coefficient (Wildman–Crippen LogP) is 4.37. The SMILES string of the molecule is COc1ccc(C2/C(=C(\O)c3ccc(C)cc3)C(=O)C(=O)N2c2ccc3c(c2)OCO3)cc1OC. The van der Waals surface area contributed by atoms with Crippen molar-refractivity contribution in [3.63, 3.8) is 0 Å². The van der Waals surface area contributed by atoms with E-state index in [9.17, 15) is 14.7 Å². The molecule has 5 rings (SSSR count). The summed E-state index contributed by atoms with van der Waals surface area (Å²) in [5.41, 5.74) is 2.40. The molecule has 1 saturated heterocycles. The van der Waals surface area contributed by atoms with Crippen molar-refractivity contribution < 1.29 is 33.6 Å². The molecular formula is C27H23NO7. The average molecular weight is 473 g/mol. The average Bonchev–Trinajstić information content (AvgIpc) is 3.45. The largest absolute Gasteiger partial charge is 0.507 e. The van der Waals surface area contributed by atoms with Crippen LogP contribution in [0.2, 0.25) is 0 Å². The van der Waals surface area contributed by atoms with Crippen LogP contribution in [-0.4, -0.2) is 37.8 Å². The van der Waals surface area contributed by atoms with Crippen LogP contribution in [0.5, 0.6) is 23.0 Å². The van der Waals surface area contributed by atoms with Gasteiger partial charge in [-0.15, -0.1) is 0 Å². The number of anilines is 1. The first kappa shape index (κ1) is 22.3. The van der Waals surface area contributed by atoms with Gasteiger partial charge in [0.25, 0.3) is 11.7 Å². The van der Waals surface area contributed by atoms with Crippen molar-refractivity contribution >= 4 is 23.1 Å². The van der Waals surface area contributed by atoms with E-state index in [-0.39, 0.29) is 18.1 Å². The summed E-state index contributed by atoms with van der Waals surface area (Å²) in [4.78, 5) is 28.1. The number of hydrogen-bond acceptors (Lipinski definition) is 7. The van der Waals surface area contributed by atoms with E-state index in [4.69, 9.17) is 18.9 Å². The molecule has 0 aromatic heterocycles. The van der Waals surface area contributed by atoms with E-state index in [1.54, 1.807) is 48.5 Å². The van der Waals surface area contributed by atoms with Crippen molar-refractivity contribution in [2.45, 2.75) is 13.0 Å². The minimum Gasteiger partial charge on any atom is -0.507 e. The summed E-state index contributed by atoms with van der Waals surface area (Å²) in [5, 5.41) is 11.3. The van der Waals surface area contributed by atoms with E-state index in [2.05, 4.69) is 0 Å². The fourth-order valence-electron chi connectivity index (χ4n) is 4.34. The monoisotopic (exact) mass is 473 g/mol. The van der Waals surface area contributed by atoms with Crippen LogP contribution < -0.4 is 23.8 Å². The van der Waals surface area contributed by atoms with Crippen molar-refractivity contribution in [3.05, 3.63) is 82.9 Å². The number of Topliss-reactive ketones (excluding diaryl/α,β-unsaturated/α-hetero) is 1. The molecule has 0 aliphatic carbocycles. The molecule has 1 atom stereocenters. The third-order valence-electron chi connectivity index (χ3n) is 6.13. The van der Waals surface area contributed by atoms with Crippen molar-refractivity contribution in [1.82, 2.24) is 0 Å². The number of hydrogen-bond donors (Lipinski definition) is 1. The number of aliphatic hydroxyl groups excluding tert-OH is 1. The van der Waals surface area contributed by atoms with Crippen molar-refractivity contribution in [2.75, 3.05) is 25.9 Å². The topological polar surface area (TPSA) is 94.5 Å². The van der Waals surface area contributed by atoms with Crippen molar-refractivity contribution in [1.29, 1.82) is 0 Å². The van der Waals surface area contributed by atoms with E-state index in [0.717, 1.165) is 5.56 Å². The fourth-order valence-corrected chi connectivity index (χ4v) is 4.34. The number of fused-ring (bicyclic) bond motifs is 1. The summed E-state index contributed by atoms with van der Waals surface area (Å²) in [6.07, 6.45) is 0. The highest BCUT2D eigenvalue weighted by Gasteiger charge is 2.47. The molecule has 35 heavy (non-hydrogen) atoms. The molecule has 0 saturated carbocycles. The van der Waals surface area contributed by atoms with E-state index in [1.165, 1.54) is 19.1 Å². The Labute approximate surface area is 201 Å². The zero-order chi connectivity index (χ0) is 24.7. The van der Waals surface area contributed by atoms with Gasteiger partial charge in [0, 0.05) is 17.3 Å². The van der Waals surface area contributed by atoms with Gasteiger partial charge < -0.3 is 24.1 Å². The molecule has 0 spiro atoms. The Bertz CT molecular complexity index is 1360. The molecule has 1 amide bonds. The van der Waals surface area contributed by atoms with E-state index in [1.807, 2.05) is 19.1 Å². The lowest BCUT2D eigenvalue weighted by atomic mass is 9.94. The molecule has 178 valence electrons. The number of aliphatic hydroxyl groups is 1. The van der Waals surface area contributed by atoms with Crippen molar-refractivity contribution in [2.24, 2.45) is 0 Å². The first-order valence-corrected chi connectivity index (χ1v) is 10.9. The summed E-state index contributed by atoms with van der Waals surface area (Å²) in [7, 11) is 3.02. The third-order valence-corrected chi connectivity index (χ3v) is 6.13. The smallest absolute Gasteiger partial charge is 0.300 e. The summed E-state index contributed by atoms with van der Waals surface area (Å²) in [5.74, 6) is 0.122. The van der Waals surface area contributed by atoms with E-state index in [0.29, 0.717) is 39.8 Å². The Kier molecular flexibility index (Phi) is 5.56. The fraction of sp³-hybridized carbons (Fsp3) is 0.185. The standard InChI is InChI=1S/C27H23NO7/c1-15-4-6-16(7-5-15)25(29)23-24(17-8-10-19(32-2)21(12-17)33-3)28(27(31)26(23)30)18-9-11-20-22(13-18)35-14-34-20/h4-13,24,29H,14H2,1-3H3/b25-23+. The molecule has 8 heteroatoms. The number of benzene rings is 3. The van der Waals surface area contributed by atoms with Crippen LogP contribution in [-0.2, 0) is 9.59 Å². The number of methoxy groups -OCH3 is 2. The van der Waals surface area contributed by atoms with Crippen molar-refractivity contribution in [3.8, 4) is 23.0 Å². The Morgan fingerprint density at radius 2 is 1.63 bits per heavy atom. The first-order valence-electron chi connectivity index (χ1n) is 10.9. The highest BCUT2D eigenvalue weighted by Crippen LogP contribution is 2.46. The van der Waals surface area contributed by atoms with Crippen LogP contribution >= 0.6 is 0 Å². The van der Waals surface area contributed by atoms with Crippen LogP contribution in [0, 0.1) is 6.92 Å². The maximum absolute atomic E-state index is 13.4. The Hall–Kier alpha value is -4.46. The maximum Gasteiger partial charge on any atom is 0.300 e. The molecule has 8 nitrogen and oxygen atoms in total. The lowest BCUT2D eigenvalue weighted by Crippen LogP contribution is -2.29. The van der Waals surface area contributed by atoms with E-state index < -0.39 is 17.7 Å². The zero-order valence-electron chi connectivity index (χ0n) is 19.4. The van der Waals surface area contributed by atoms with Crippen LogP contribution in [0.15, 0.2) is 66.2 Å². The van der Waals surface area contributed by atoms with Gasteiger partial charge in [0.1, 0.15) is 5.76 Å². The van der Waals surface area contributed by atoms with Gasteiger partial charge in [0.2, 0.25) is 6.79 Å². The molecule has 2 heterocycles. The van der Waals surface area contributed by atoms with Gasteiger partial charge in [0.05, 0.1) is 25.8 Å². The van der Waals surface area contributed by atoms with Gasteiger partial charge in [-0.3, -0.25) is 14.5 Å². The highest BCUT2D eigenvalue weighted by atomic mass is 16.7. The number of aryl methyl sites for hydroxylation is 1. The predicted molar refractivity (Wildman–Crippen MR) is 128 cm³/mol. The van der Waals surface area contributed by atoms with Gasteiger partial charge in [0.15, 0.2) is 23.0 Å². The second kappa shape index (κ2) is 8.72. The van der Waals surface area contributed by atoms with E-state index >= 15 is 0 Å². The molecule has 1 fully saturated rings. The van der Waals surface area contributed by atoms with Crippen LogP contribution in [0.25, 0.3) is 5.76 Å². The summed E-state index contributed by atoms with van der Waals surface area (Å²) in [6.45, 7) is 2.00. The minimum absolute atomic E-state index is 0.0243. The van der Waals surface area contributed by atoms with Gasteiger partial charge >= 0.3 is 0 Å². The lowest BCUT2D eigenvalue weighted by Gasteiger charge is -2.26. The van der Waals surface area contributed by atoms with Crippen LogP contribution in [0.3, 0.4) is 0 Å². The maximum atomic E-state index is 13.4. The van der Waals surface area contributed by atoms with Crippen LogP contribution in [0.1, 0.15) is 22.7 Å². The van der Waals surface area contributed by atoms with Gasteiger partial charge in [-0.25, -0.2) is 0 Å². The lowest BCUT2D eigenvalue weighted by molar-refractivity contribution is -0.132. The van der Waals surface area contributed by atoms with Gasteiger partial charge in [-0.2, -0.15) is 0 Å². The summed E-state index contributed by atoms with van der Waals surface area (Å²) >= 11 is 0. The molecule has 2 aliphatic rings. The van der Waals surface area contributed by atoms with Crippen LogP contribution in [0.4, 0.5) is 5.69 Å². The molecule has 0 radical (unpaired) electrons. The molecule has 0 bridgehead atoms. The summed E-state index contributed by atoms with van der Waals surface area (Å²) < 4.78 is 21.7. The second-order valence-corrected chi connectivity index (χ2v) is 8.19. The number of ether oxygens (including phenoxy) is 4. The highest BCUT2D eigenvalue weighted by molar-refractivity contribution is 6.51.